The van der Waals surface area contributed by atoms with E-state index in [1.165, 1.54) is 4.90 Å². The van der Waals surface area contributed by atoms with E-state index in [-0.39, 0.29) is 18.2 Å². The second-order valence-electron chi connectivity index (χ2n) is 7.13. The number of phenolic OH excluding ortho intramolecular Hbond substituents is 1. The van der Waals surface area contributed by atoms with Crippen LogP contribution in [0.2, 0.25) is 0 Å². The normalized spacial score (nSPS) is 13.2. The summed E-state index contributed by atoms with van der Waals surface area (Å²) < 4.78 is 0. The van der Waals surface area contributed by atoms with Crippen LogP contribution in [0.4, 0.5) is 0 Å². The Balaban J connectivity index is 2.18. The SMILES string of the molecule is Cc1cc(O)cc(C)c1CC(N)C(=O)N(C/C=C/c1cccnc1)[C@H](C)C(N)=O. The van der Waals surface area contributed by atoms with Crippen LogP contribution in [-0.2, 0) is 16.0 Å². The third-order valence-electron chi connectivity index (χ3n) is 4.88. The number of primary amides is 1. The Morgan fingerprint density at radius 2 is 1.93 bits per heavy atom. The summed E-state index contributed by atoms with van der Waals surface area (Å²) in [5.74, 6) is -0.788. The molecular weight excluding hydrogens is 368 g/mol. The Kier molecular flexibility index (Phi) is 7.50. The van der Waals surface area contributed by atoms with Gasteiger partial charge in [0.05, 0.1) is 6.04 Å². The van der Waals surface area contributed by atoms with Gasteiger partial charge in [-0.2, -0.15) is 0 Å². The summed E-state index contributed by atoms with van der Waals surface area (Å²) in [5.41, 5.74) is 15.1. The number of hydrogen-bond acceptors (Lipinski definition) is 5. The first-order valence-electron chi connectivity index (χ1n) is 9.41. The van der Waals surface area contributed by atoms with Gasteiger partial charge in [-0.05, 0) is 67.6 Å². The number of hydrogen-bond donors (Lipinski definition) is 3. The Labute approximate surface area is 171 Å². The van der Waals surface area contributed by atoms with Crippen molar-refractivity contribution in [1.29, 1.82) is 0 Å². The van der Waals surface area contributed by atoms with Crippen molar-refractivity contribution < 1.29 is 14.7 Å². The van der Waals surface area contributed by atoms with E-state index in [9.17, 15) is 14.7 Å². The van der Waals surface area contributed by atoms with Gasteiger partial charge in [0, 0.05) is 18.9 Å². The van der Waals surface area contributed by atoms with Crippen molar-refractivity contribution in [2.75, 3.05) is 6.54 Å². The van der Waals surface area contributed by atoms with Gasteiger partial charge < -0.3 is 21.5 Å². The molecule has 2 atom stereocenters. The average molecular weight is 396 g/mol. The highest BCUT2D eigenvalue weighted by molar-refractivity contribution is 5.89. The number of rotatable bonds is 8. The molecule has 0 spiro atoms. The first-order valence-corrected chi connectivity index (χ1v) is 9.41. The Hall–Kier alpha value is -3.19. The number of nitrogens with zero attached hydrogens (tertiary/aromatic N) is 2. The number of benzene rings is 1. The van der Waals surface area contributed by atoms with Gasteiger partial charge in [-0.15, -0.1) is 0 Å². The lowest BCUT2D eigenvalue weighted by Gasteiger charge is -2.29. The largest absolute Gasteiger partial charge is 0.508 e. The maximum Gasteiger partial charge on any atom is 0.240 e. The third-order valence-corrected chi connectivity index (χ3v) is 4.88. The van der Waals surface area contributed by atoms with E-state index >= 15 is 0 Å². The number of aryl methyl sites for hydroxylation is 2. The molecule has 154 valence electrons. The minimum absolute atomic E-state index is 0.174. The molecule has 0 saturated heterocycles. The molecule has 0 bridgehead atoms. The second kappa shape index (κ2) is 9.84. The number of phenols is 1. The monoisotopic (exact) mass is 396 g/mol. The molecular formula is C22H28N4O3. The average Bonchev–Trinajstić information content (AvgIpc) is 2.67. The fourth-order valence-corrected chi connectivity index (χ4v) is 3.18. The topological polar surface area (TPSA) is 123 Å². The highest BCUT2D eigenvalue weighted by atomic mass is 16.3. The first-order chi connectivity index (χ1) is 13.7. The van der Waals surface area contributed by atoms with Gasteiger partial charge >= 0.3 is 0 Å². The van der Waals surface area contributed by atoms with Crippen LogP contribution < -0.4 is 11.5 Å². The van der Waals surface area contributed by atoms with Crippen LogP contribution >= 0.6 is 0 Å². The zero-order chi connectivity index (χ0) is 21.6. The highest BCUT2D eigenvalue weighted by Gasteiger charge is 2.28. The predicted molar refractivity (Wildman–Crippen MR) is 113 cm³/mol. The quantitative estimate of drug-likeness (QED) is 0.627. The first kappa shape index (κ1) is 22.1. The van der Waals surface area contributed by atoms with E-state index in [2.05, 4.69) is 4.98 Å². The summed E-state index contributed by atoms with van der Waals surface area (Å²) in [6.45, 7) is 5.50. The van der Waals surface area contributed by atoms with Crippen LogP contribution in [0.25, 0.3) is 6.08 Å². The van der Waals surface area contributed by atoms with Crippen LogP contribution in [0.15, 0.2) is 42.7 Å². The van der Waals surface area contributed by atoms with E-state index in [1.54, 1.807) is 37.5 Å². The summed E-state index contributed by atoms with van der Waals surface area (Å²) in [6, 6.07) is 5.34. The van der Waals surface area contributed by atoms with Gasteiger partial charge in [-0.1, -0.05) is 18.2 Å². The van der Waals surface area contributed by atoms with Crippen molar-refractivity contribution in [3.8, 4) is 5.75 Å². The van der Waals surface area contributed by atoms with E-state index in [0.717, 1.165) is 22.3 Å². The van der Waals surface area contributed by atoms with Gasteiger partial charge in [0.15, 0.2) is 0 Å². The minimum atomic E-state index is -0.842. The van der Waals surface area contributed by atoms with Crippen molar-refractivity contribution >= 4 is 17.9 Å². The summed E-state index contributed by atoms with van der Waals surface area (Å²) in [5, 5.41) is 9.70. The molecule has 1 aromatic heterocycles. The zero-order valence-electron chi connectivity index (χ0n) is 17.0. The smallest absolute Gasteiger partial charge is 0.240 e. The molecule has 29 heavy (non-hydrogen) atoms. The number of carbonyl (C=O) groups excluding carboxylic acids is 2. The van der Waals surface area contributed by atoms with Crippen LogP contribution in [0.3, 0.4) is 0 Å². The third kappa shape index (κ3) is 5.89. The standard InChI is InChI=1S/C22H28N4O3/c1-14-10-18(27)11-15(2)19(14)12-20(23)22(29)26(16(3)21(24)28)9-5-7-17-6-4-8-25-13-17/h4-8,10-11,13,16,20,27H,9,12,23H2,1-3H3,(H2,24,28)/b7-5+/t16-,20?/m1/s1. The predicted octanol–water partition coefficient (Wildman–Crippen LogP) is 1.69. The van der Waals surface area contributed by atoms with Crippen molar-refractivity contribution in [2.24, 2.45) is 11.5 Å². The Bertz CT molecular complexity index is 873. The number of amides is 2. The Morgan fingerprint density at radius 3 is 2.48 bits per heavy atom. The molecule has 0 aliphatic rings. The molecule has 0 fully saturated rings. The highest BCUT2D eigenvalue weighted by Crippen LogP contribution is 2.22. The van der Waals surface area contributed by atoms with Gasteiger partial charge in [-0.3, -0.25) is 14.6 Å². The molecule has 0 aliphatic carbocycles. The molecule has 2 aromatic rings. The summed E-state index contributed by atoms with van der Waals surface area (Å²) in [7, 11) is 0. The van der Waals surface area contributed by atoms with E-state index in [4.69, 9.17) is 11.5 Å². The van der Waals surface area contributed by atoms with Crippen molar-refractivity contribution in [1.82, 2.24) is 9.88 Å². The molecule has 1 unspecified atom stereocenters. The molecule has 0 aliphatic heterocycles. The van der Waals surface area contributed by atoms with Gasteiger partial charge in [-0.25, -0.2) is 0 Å². The van der Waals surface area contributed by atoms with Gasteiger partial charge in [0.25, 0.3) is 0 Å². The molecule has 0 saturated carbocycles. The lowest BCUT2D eigenvalue weighted by atomic mass is 9.95. The summed E-state index contributed by atoms with van der Waals surface area (Å²) in [6.07, 6.45) is 7.26. The van der Waals surface area contributed by atoms with Crippen LogP contribution in [-0.4, -0.2) is 45.4 Å². The maximum absolute atomic E-state index is 13.0. The minimum Gasteiger partial charge on any atom is -0.508 e. The fraction of sp³-hybridized carbons (Fsp3) is 0.318. The molecule has 7 nitrogen and oxygen atoms in total. The van der Waals surface area contributed by atoms with Crippen LogP contribution in [0.1, 0.15) is 29.2 Å². The number of nitrogens with two attached hydrogens (primary N) is 2. The molecule has 7 heteroatoms. The Morgan fingerprint density at radius 1 is 1.28 bits per heavy atom. The van der Waals surface area contributed by atoms with Crippen molar-refractivity contribution in [2.45, 2.75) is 39.3 Å². The second-order valence-corrected chi connectivity index (χ2v) is 7.13. The lowest BCUT2D eigenvalue weighted by molar-refractivity contribution is -0.139. The van der Waals surface area contributed by atoms with Crippen LogP contribution in [0.5, 0.6) is 5.75 Å². The molecule has 1 aromatic carbocycles. The molecule has 2 amide bonds. The summed E-state index contributed by atoms with van der Waals surface area (Å²) >= 11 is 0. The summed E-state index contributed by atoms with van der Waals surface area (Å²) in [4.78, 5) is 30.2. The molecule has 0 radical (unpaired) electrons. The maximum atomic E-state index is 13.0. The zero-order valence-corrected chi connectivity index (χ0v) is 17.0. The number of pyridine rings is 1. The number of carbonyl (C=O) groups is 2. The van der Waals surface area contributed by atoms with Crippen molar-refractivity contribution in [3.05, 3.63) is 65.0 Å². The van der Waals surface area contributed by atoms with Gasteiger partial charge in [0.2, 0.25) is 11.8 Å². The van der Waals surface area contributed by atoms with Crippen LogP contribution in [0, 0.1) is 13.8 Å². The van der Waals surface area contributed by atoms with E-state index in [1.807, 2.05) is 32.1 Å². The van der Waals surface area contributed by atoms with E-state index < -0.39 is 18.0 Å². The van der Waals surface area contributed by atoms with Crippen molar-refractivity contribution in [3.63, 3.8) is 0 Å². The molecule has 5 N–H and O–H groups in total. The molecule has 1 heterocycles. The van der Waals surface area contributed by atoms with Gasteiger partial charge in [0.1, 0.15) is 11.8 Å². The van der Waals surface area contributed by atoms with E-state index in [0.29, 0.717) is 6.42 Å². The number of aromatic nitrogens is 1. The lowest BCUT2D eigenvalue weighted by Crippen LogP contribution is -2.52. The molecule has 2 rings (SSSR count). The number of aromatic hydroxyl groups is 1. The fourth-order valence-electron chi connectivity index (χ4n) is 3.18.